The van der Waals surface area contributed by atoms with E-state index in [1.54, 1.807) is 13.2 Å². The van der Waals surface area contributed by atoms with Crippen LogP contribution >= 0.6 is 31.9 Å². The molecule has 0 atom stereocenters. The second-order valence-corrected chi connectivity index (χ2v) is 5.01. The van der Waals surface area contributed by atoms with E-state index in [0.29, 0.717) is 11.6 Å². The number of rotatable bonds is 4. The minimum Gasteiger partial charge on any atom is -0.495 e. The number of nitrogens with one attached hydrogen (secondary N) is 1. The fourth-order valence-corrected chi connectivity index (χ4v) is 2.54. The largest absolute Gasteiger partial charge is 0.495 e. The molecule has 0 amide bonds. The minimum atomic E-state index is 0.208. The van der Waals surface area contributed by atoms with E-state index in [9.17, 15) is 0 Å². The highest BCUT2D eigenvalue weighted by molar-refractivity contribution is 9.11. The van der Waals surface area contributed by atoms with Crippen molar-refractivity contribution in [3.05, 3.63) is 27.0 Å². The summed E-state index contributed by atoms with van der Waals surface area (Å²) in [5, 5.41) is 10.6. The Morgan fingerprint density at radius 1 is 1.33 bits per heavy atom. The van der Waals surface area contributed by atoms with Gasteiger partial charge in [0.15, 0.2) is 0 Å². The van der Waals surface area contributed by atoms with Crippen molar-refractivity contribution in [3.8, 4) is 5.75 Å². The lowest BCUT2D eigenvalue weighted by Crippen LogP contribution is -1.95. The van der Waals surface area contributed by atoms with Crippen LogP contribution in [0.15, 0.2) is 25.5 Å². The molecule has 0 aliphatic carbocycles. The highest BCUT2D eigenvalue weighted by atomic mass is 79.9. The lowest BCUT2D eigenvalue weighted by Gasteiger charge is -2.09. The maximum absolute atomic E-state index is 5.39. The molecule has 8 heteroatoms. The summed E-state index contributed by atoms with van der Waals surface area (Å²) in [6, 6.07) is 3.95. The Bertz CT molecular complexity index is 559. The van der Waals surface area contributed by atoms with Crippen LogP contribution in [-0.2, 0) is 6.54 Å². The molecule has 0 spiro atoms. The maximum atomic E-state index is 5.39. The van der Waals surface area contributed by atoms with Crippen LogP contribution in [0.3, 0.4) is 0 Å². The molecular weight excluding hydrogens is 368 g/mol. The van der Waals surface area contributed by atoms with E-state index in [-0.39, 0.29) is 12.6 Å². The fourth-order valence-electron chi connectivity index (χ4n) is 1.28. The van der Waals surface area contributed by atoms with Crippen LogP contribution in [0.25, 0.3) is 0 Å². The lowest BCUT2D eigenvalue weighted by atomic mass is 10.3. The number of methoxy groups -OCH3 is 1. The van der Waals surface area contributed by atoms with Gasteiger partial charge in [-0.2, -0.15) is 0 Å². The van der Waals surface area contributed by atoms with Gasteiger partial charge in [0.2, 0.25) is 5.89 Å². The number of halogens is 2. The second kappa shape index (κ2) is 5.68. The van der Waals surface area contributed by atoms with Crippen molar-refractivity contribution in [2.75, 3.05) is 12.4 Å². The summed E-state index contributed by atoms with van der Waals surface area (Å²) < 4.78 is 12.2. The Hall–Kier alpha value is -1.12. The SMILES string of the molecule is COc1cc(Nc2nnc(CN)o2)c(Br)cc1Br. The third-order valence-electron chi connectivity index (χ3n) is 2.12. The molecule has 6 nitrogen and oxygen atoms in total. The van der Waals surface area contributed by atoms with E-state index >= 15 is 0 Å². The molecule has 96 valence electrons. The molecule has 18 heavy (non-hydrogen) atoms. The van der Waals surface area contributed by atoms with Gasteiger partial charge in [0, 0.05) is 10.5 Å². The number of nitrogens with two attached hydrogens (primary N) is 1. The van der Waals surface area contributed by atoms with Crippen molar-refractivity contribution >= 4 is 43.6 Å². The van der Waals surface area contributed by atoms with Crippen molar-refractivity contribution in [1.29, 1.82) is 0 Å². The Morgan fingerprint density at radius 2 is 2.11 bits per heavy atom. The first-order valence-corrected chi connectivity index (χ1v) is 6.55. The summed E-state index contributed by atoms with van der Waals surface area (Å²) in [4.78, 5) is 0. The quantitative estimate of drug-likeness (QED) is 0.851. The first kappa shape index (κ1) is 13.3. The average Bonchev–Trinajstić information content (AvgIpc) is 2.80. The number of nitrogens with zero attached hydrogens (tertiary/aromatic N) is 2. The van der Waals surface area contributed by atoms with Crippen LogP contribution in [0.2, 0.25) is 0 Å². The van der Waals surface area contributed by atoms with Gasteiger partial charge in [-0.15, -0.1) is 5.10 Å². The van der Waals surface area contributed by atoms with Crippen molar-refractivity contribution in [3.63, 3.8) is 0 Å². The summed E-state index contributed by atoms with van der Waals surface area (Å²) in [6.07, 6.45) is 0. The van der Waals surface area contributed by atoms with Gasteiger partial charge >= 0.3 is 6.01 Å². The second-order valence-electron chi connectivity index (χ2n) is 3.30. The smallest absolute Gasteiger partial charge is 0.320 e. The standard InChI is InChI=1S/C10H10Br2N4O2/c1-17-8-3-7(5(11)2-6(8)12)14-10-16-15-9(4-13)18-10/h2-3H,4,13H2,1H3,(H,14,16). The third kappa shape index (κ3) is 2.82. The van der Waals surface area contributed by atoms with Gasteiger partial charge in [-0.3, -0.25) is 0 Å². The molecular formula is C10H10Br2N4O2. The number of aromatic nitrogens is 2. The van der Waals surface area contributed by atoms with E-state index in [4.69, 9.17) is 14.9 Å². The number of anilines is 2. The van der Waals surface area contributed by atoms with E-state index in [1.807, 2.05) is 6.07 Å². The minimum absolute atomic E-state index is 0.208. The molecule has 0 unspecified atom stereocenters. The van der Waals surface area contributed by atoms with Crippen LogP contribution in [0.5, 0.6) is 5.75 Å². The van der Waals surface area contributed by atoms with Crippen molar-refractivity contribution < 1.29 is 9.15 Å². The predicted molar refractivity (Wildman–Crippen MR) is 73.9 cm³/mol. The first-order chi connectivity index (χ1) is 8.63. The zero-order valence-electron chi connectivity index (χ0n) is 9.41. The fraction of sp³-hybridized carbons (Fsp3) is 0.200. The van der Waals surface area contributed by atoms with E-state index in [0.717, 1.165) is 14.6 Å². The Balaban J connectivity index is 2.28. The van der Waals surface area contributed by atoms with E-state index in [2.05, 4.69) is 47.4 Å². The van der Waals surface area contributed by atoms with Crippen LogP contribution in [0.4, 0.5) is 11.7 Å². The topological polar surface area (TPSA) is 86.2 Å². The van der Waals surface area contributed by atoms with Gasteiger partial charge in [0.25, 0.3) is 0 Å². The molecule has 1 aromatic heterocycles. The molecule has 0 saturated carbocycles. The van der Waals surface area contributed by atoms with Gasteiger partial charge in [0.1, 0.15) is 5.75 Å². The highest BCUT2D eigenvalue weighted by Crippen LogP contribution is 2.35. The van der Waals surface area contributed by atoms with Crippen LogP contribution in [0, 0.1) is 0 Å². The molecule has 0 bridgehead atoms. The summed E-state index contributed by atoms with van der Waals surface area (Å²) >= 11 is 6.82. The molecule has 0 aliphatic heterocycles. The number of hydrogen-bond donors (Lipinski definition) is 2. The normalized spacial score (nSPS) is 10.4. The van der Waals surface area contributed by atoms with Gasteiger partial charge in [-0.25, -0.2) is 0 Å². The molecule has 2 rings (SSSR count). The summed E-state index contributed by atoms with van der Waals surface area (Å²) in [5.41, 5.74) is 6.14. The predicted octanol–water partition coefficient (Wildman–Crippen LogP) is 2.81. The zero-order chi connectivity index (χ0) is 13.1. The van der Waals surface area contributed by atoms with Crippen LogP contribution in [-0.4, -0.2) is 17.3 Å². The van der Waals surface area contributed by atoms with Gasteiger partial charge < -0.3 is 20.2 Å². The maximum Gasteiger partial charge on any atom is 0.320 e. The molecule has 2 aromatic rings. The average molecular weight is 378 g/mol. The zero-order valence-corrected chi connectivity index (χ0v) is 12.6. The van der Waals surface area contributed by atoms with Crippen LogP contribution < -0.4 is 15.8 Å². The van der Waals surface area contributed by atoms with Gasteiger partial charge in [-0.05, 0) is 37.9 Å². The summed E-state index contributed by atoms with van der Waals surface area (Å²) in [5.74, 6) is 1.07. The number of hydrogen-bond acceptors (Lipinski definition) is 6. The molecule has 0 fully saturated rings. The van der Waals surface area contributed by atoms with Gasteiger partial charge in [0.05, 0.1) is 23.8 Å². The molecule has 0 saturated heterocycles. The Kier molecular flexibility index (Phi) is 4.20. The monoisotopic (exact) mass is 376 g/mol. The van der Waals surface area contributed by atoms with Crippen LogP contribution in [0.1, 0.15) is 5.89 Å². The van der Waals surface area contributed by atoms with Crippen molar-refractivity contribution in [1.82, 2.24) is 10.2 Å². The van der Waals surface area contributed by atoms with E-state index in [1.165, 1.54) is 0 Å². The van der Waals surface area contributed by atoms with Crippen molar-refractivity contribution in [2.24, 2.45) is 5.73 Å². The number of benzene rings is 1. The molecule has 1 heterocycles. The first-order valence-electron chi connectivity index (χ1n) is 4.96. The molecule has 0 radical (unpaired) electrons. The summed E-state index contributed by atoms with van der Waals surface area (Å²) in [6.45, 7) is 0.208. The van der Waals surface area contributed by atoms with Gasteiger partial charge in [-0.1, -0.05) is 5.10 Å². The van der Waals surface area contributed by atoms with E-state index < -0.39 is 0 Å². The summed E-state index contributed by atoms with van der Waals surface area (Å²) in [7, 11) is 1.59. The molecule has 0 aliphatic rings. The van der Waals surface area contributed by atoms with Crippen molar-refractivity contribution in [2.45, 2.75) is 6.54 Å². The highest BCUT2D eigenvalue weighted by Gasteiger charge is 2.10. The number of ether oxygens (including phenoxy) is 1. The Labute approximate surface area is 120 Å². The molecule has 1 aromatic carbocycles. The molecule has 3 N–H and O–H groups in total. The lowest BCUT2D eigenvalue weighted by molar-refractivity contribution is 0.412. The third-order valence-corrected chi connectivity index (χ3v) is 3.40. The Morgan fingerprint density at radius 3 is 2.72 bits per heavy atom.